The van der Waals surface area contributed by atoms with E-state index in [0.717, 1.165) is 25.1 Å². The highest BCUT2D eigenvalue weighted by Crippen LogP contribution is 2.30. The van der Waals surface area contributed by atoms with Crippen molar-refractivity contribution < 1.29 is 4.79 Å². The van der Waals surface area contributed by atoms with E-state index in [1.54, 1.807) is 6.20 Å². The highest BCUT2D eigenvalue weighted by atomic mass is 79.9. The molecule has 0 spiro atoms. The van der Waals surface area contributed by atoms with E-state index in [0.29, 0.717) is 5.56 Å². The Bertz CT molecular complexity index is 754. The van der Waals surface area contributed by atoms with Crippen LogP contribution in [0.4, 0.5) is 0 Å². The SMILES string of the molecule is Cc1cc(C(=O)c2cccc3ncccc23)sc1Br. The summed E-state index contributed by atoms with van der Waals surface area (Å²) in [5.74, 6) is 0.0531. The maximum absolute atomic E-state index is 12.6. The molecule has 0 bridgehead atoms. The minimum absolute atomic E-state index is 0.0531. The molecule has 0 unspecified atom stereocenters. The van der Waals surface area contributed by atoms with Gasteiger partial charge < -0.3 is 0 Å². The summed E-state index contributed by atoms with van der Waals surface area (Å²) in [6.45, 7) is 1.99. The average Bonchev–Trinajstić information content (AvgIpc) is 2.77. The minimum atomic E-state index is 0.0531. The second-order valence-corrected chi connectivity index (χ2v) is 6.64. The first-order valence-corrected chi connectivity index (χ1v) is 7.42. The third-order valence-corrected chi connectivity index (χ3v) is 5.11. The van der Waals surface area contributed by atoms with Crippen molar-refractivity contribution in [3.05, 3.63) is 62.4 Å². The average molecular weight is 332 g/mol. The van der Waals surface area contributed by atoms with Crippen molar-refractivity contribution in [3.63, 3.8) is 0 Å². The van der Waals surface area contributed by atoms with E-state index >= 15 is 0 Å². The zero-order valence-electron chi connectivity index (χ0n) is 10.2. The number of rotatable bonds is 2. The Kier molecular flexibility index (Phi) is 3.21. The molecule has 1 aromatic carbocycles. The van der Waals surface area contributed by atoms with Crippen LogP contribution < -0.4 is 0 Å². The second kappa shape index (κ2) is 4.87. The van der Waals surface area contributed by atoms with E-state index in [4.69, 9.17) is 0 Å². The van der Waals surface area contributed by atoms with E-state index < -0.39 is 0 Å². The lowest BCUT2D eigenvalue weighted by Crippen LogP contribution is -1.99. The lowest BCUT2D eigenvalue weighted by atomic mass is 10.0. The van der Waals surface area contributed by atoms with Gasteiger partial charge in [-0.1, -0.05) is 18.2 Å². The first kappa shape index (κ1) is 12.5. The molecule has 0 aliphatic carbocycles. The second-order valence-electron chi connectivity index (χ2n) is 4.27. The van der Waals surface area contributed by atoms with Gasteiger partial charge in [0.05, 0.1) is 14.2 Å². The van der Waals surface area contributed by atoms with Gasteiger partial charge in [-0.2, -0.15) is 0 Å². The minimum Gasteiger partial charge on any atom is -0.288 e. The molecule has 0 aliphatic heterocycles. The number of carbonyl (C=O) groups is 1. The number of benzene rings is 1. The Balaban J connectivity index is 2.16. The lowest BCUT2D eigenvalue weighted by Gasteiger charge is -2.03. The molecule has 2 aromatic heterocycles. The summed E-state index contributed by atoms with van der Waals surface area (Å²) in [4.78, 5) is 17.6. The number of aryl methyl sites for hydroxylation is 1. The molecule has 94 valence electrons. The molecule has 0 saturated carbocycles. The molecule has 4 heteroatoms. The fraction of sp³-hybridized carbons (Fsp3) is 0.0667. The lowest BCUT2D eigenvalue weighted by molar-refractivity contribution is 0.104. The highest BCUT2D eigenvalue weighted by molar-refractivity contribution is 9.11. The van der Waals surface area contributed by atoms with Gasteiger partial charge >= 0.3 is 0 Å². The molecule has 0 aliphatic rings. The predicted molar refractivity (Wildman–Crippen MR) is 81.9 cm³/mol. The topological polar surface area (TPSA) is 30.0 Å². The molecule has 0 N–H and O–H groups in total. The van der Waals surface area contributed by atoms with Crippen LogP contribution in [0.2, 0.25) is 0 Å². The van der Waals surface area contributed by atoms with Crippen molar-refractivity contribution in [2.75, 3.05) is 0 Å². The number of pyridine rings is 1. The van der Waals surface area contributed by atoms with Crippen LogP contribution in [0.3, 0.4) is 0 Å². The first-order valence-electron chi connectivity index (χ1n) is 5.81. The zero-order chi connectivity index (χ0) is 13.4. The van der Waals surface area contributed by atoms with Crippen LogP contribution in [0.5, 0.6) is 0 Å². The molecule has 19 heavy (non-hydrogen) atoms. The standard InChI is InChI=1S/C15H10BrNOS/c1-9-8-13(19-15(9)16)14(18)11-4-2-6-12-10(11)5-3-7-17-12/h2-8H,1H3. The number of hydrogen-bond acceptors (Lipinski definition) is 3. The van der Waals surface area contributed by atoms with Crippen LogP contribution in [0.1, 0.15) is 20.8 Å². The van der Waals surface area contributed by atoms with Gasteiger partial charge in [-0.3, -0.25) is 9.78 Å². The van der Waals surface area contributed by atoms with E-state index in [9.17, 15) is 4.79 Å². The van der Waals surface area contributed by atoms with Crippen LogP contribution in [0.25, 0.3) is 10.9 Å². The maximum Gasteiger partial charge on any atom is 0.203 e. The molecule has 0 saturated heterocycles. The quantitative estimate of drug-likeness (QED) is 0.642. The van der Waals surface area contributed by atoms with Gasteiger partial charge in [0.25, 0.3) is 0 Å². The number of halogens is 1. The third kappa shape index (κ3) is 2.22. The number of carbonyl (C=O) groups excluding carboxylic acids is 1. The summed E-state index contributed by atoms with van der Waals surface area (Å²) < 4.78 is 1.01. The zero-order valence-corrected chi connectivity index (χ0v) is 12.6. The maximum atomic E-state index is 12.6. The van der Waals surface area contributed by atoms with Crippen LogP contribution in [0, 0.1) is 6.92 Å². The molecule has 3 rings (SSSR count). The highest BCUT2D eigenvalue weighted by Gasteiger charge is 2.15. The van der Waals surface area contributed by atoms with Crippen molar-refractivity contribution in [2.24, 2.45) is 0 Å². The predicted octanol–water partition coefficient (Wildman–Crippen LogP) is 4.60. The summed E-state index contributed by atoms with van der Waals surface area (Å²) in [5, 5.41) is 0.900. The van der Waals surface area contributed by atoms with Crippen molar-refractivity contribution in [1.29, 1.82) is 0 Å². The van der Waals surface area contributed by atoms with Gasteiger partial charge in [-0.05, 0) is 46.6 Å². The number of ketones is 1. The largest absolute Gasteiger partial charge is 0.288 e. The smallest absolute Gasteiger partial charge is 0.203 e. The molecule has 0 atom stereocenters. The summed E-state index contributed by atoms with van der Waals surface area (Å²) in [5.41, 5.74) is 2.65. The molecule has 0 amide bonds. The molecular formula is C15H10BrNOS. The van der Waals surface area contributed by atoms with E-state index in [1.807, 2.05) is 43.3 Å². The number of fused-ring (bicyclic) bond motifs is 1. The van der Waals surface area contributed by atoms with Gasteiger partial charge in [0.2, 0.25) is 5.78 Å². The van der Waals surface area contributed by atoms with Crippen molar-refractivity contribution >= 4 is 44.0 Å². The van der Waals surface area contributed by atoms with Crippen LogP contribution >= 0.6 is 27.3 Å². The van der Waals surface area contributed by atoms with E-state index in [2.05, 4.69) is 20.9 Å². The number of thiophene rings is 1. The van der Waals surface area contributed by atoms with Crippen molar-refractivity contribution in [2.45, 2.75) is 6.92 Å². The van der Waals surface area contributed by atoms with Gasteiger partial charge in [0, 0.05) is 17.1 Å². The number of nitrogens with zero attached hydrogens (tertiary/aromatic N) is 1. The van der Waals surface area contributed by atoms with Gasteiger partial charge in [0.1, 0.15) is 0 Å². The van der Waals surface area contributed by atoms with Crippen molar-refractivity contribution in [1.82, 2.24) is 4.98 Å². The summed E-state index contributed by atoms with van der Waals surface area (Å²) in [6.07, 6.45) is 1.74. The van der Waals surface area contributed by atoms with Gasteiger partial charge in [-0.15, -0.1) is 11.3 Å². The summed E-state index contributed by atoms with van der Waals surface area (Å²) in [7, 11) is 0. The molecule has 3 aromatic rings. The van der Waals surface area contributed by atoms with Crippen LogP contribution in [-0.2, 0) is 0 Å². The monoisotopic (exact) mass is 331 g/mol. The normalized spacial score (nSPS) is 10.8. The molecule has 2 nitrogen and oxygen atoms in total. The Hall–Kier alpha value is -1.52. The van der Waals surface area contributed by atoms with E-state index in [1.165, 1.54) is 11.3 Å². The fourth-order valence-corrected chi connectivity index (χ4v) is 3.49. The Morgan fingerprint density at radius 2 is 2.11 bits per heavy atom. The molecule has 2 heterocycles. The molecule has 0 fully saturated rings. The third-order valence-electron chi connectivity index (χ3n) is 2.97. The van der Waals surface area contributed by atoms with Crippen LogP contribution in [0.15, 0.2) is 46.4 Å². The Morgan fingerprint density at radius 3 is 2.84 bits per heavy atom. The van der Waals surface area contributed by atoms with E-state index in [-0.39, 0.29) is 5.78 Å². The Morgan fingerprint density at radius 1 is 1.26 bits per heavy atom. The number of aromatic nitrogens is 1. The fourth-order valence-electron chi connectivity index (χ4n) is 2.01. The summed E-state index contributed by atoms with van der Waals surface area (Å²) >= 11 is 4.93. The van der Waals surface area contributed by atoms with Gasteiger partial charge in [0.15, 0.2) is 0 Å². The molecular weight excluding hydrogens is 322 g/mol. The van der Waals surface area contributed by atoms with Crippen LogP contribution in [-0.4, -0.2) is 10.8 Å². The number of hydrogen-bond donors (Lipinski definition) is 0. The van der Waals surface area contributed by atoms with Crippen molar-refractivity contribution in [3.8, 4) is 0 Å². The first-order chi connectivity index (χ1) is 9.16. The molecule has 0 radical (unpaired) electrons. The van der Waals surface area contributed by atoms with Gasteiger partial charge in [-0.25, -0.2) is 0 Å². The summed E-state index contributed by atoms with van der Waals surface area (Å²) in [6, 6.07) is 11.4. The Labute approximate surface area is 123 Å².